The van der Waals surface area contributed by atoms with Gasteiger partial charge in [0.1, 0.15) is 16.7 Å². The van der Waals surface area contributed by atoms with Gasteiger partial charge in [0.25, 0.3) is 0 Å². The largest absolute Gasteiger partial charge is 0.496 e. The van der Waals surface area contributed by atoms with E-state index in [0.717, 1.165) is 5.56 Å². The van der Waals surface area contributed by atoms with Crippen molar-refractivity contribution in [1.29, 1.82) is 5.26 Å². The summed E-state index contributed by atoms with van der Waals surface area (Å²) in [5, 5.41) is 9.43. The number of halogens is 1. The van der Waals surface area contributed by atoms with Gasteiger partial charge in [-0.2, -0.15) is 5.26 Å². The van der Waals surface area contributed by atoms with Gasteiger partial charge in [0, 0.05) is 17.0 Å². The van der Waals surface area contributed by atoms with E-state index in [-0.39, 0.29) is 5.41 Å². The molecule has 0 unspecified atom stereocenters. The summed E-state index contributed by atoms with van der Waals surface area (Å²) in [5.41, 5.74) is 1.69. The van der Waals surface area contributed by atoms with E-state index >= 15 is 0 Å². The summed E-state index contributed by atoms with van der Waals surface area (Å²) in [7, 11) is 1.58. The normalized spacial score (nSPS) is 11.0. The predicted molar refractivity (Wildman–Crippen MR) is 82.4 cm³/mol. The number of nitrogens with zero attached hydrogens (tertiary/aromatic N) is 3. The van der Waals surface area contributed by atoms with E-state index in [1.165, 1.54) is 0 Å². The highest BCUT2D eigenvalue weighted by molar-refractivity contribution is 6.29. The molecule has 0 aliphatic carbocycles. The highest BCUT2D eigenvalue weighted by Crippen LogP contribution is 2.32. The maximum Gasteiger partial charge on any atom is 0.136 e. The van der Waals surface area contributed by atoms with Crippen molar-refractivity contribution in [2.24, 2.45) is 0 Å². The Kier molecular flexibility index (Phi) is 4.15. The second-order valence-corrected chi connectivity index (χ2v) is 6.06. The molecule has 0 aliphatic rings. The SMILES string of the molecule is COc1ccc(C#N)cc1-c1cc(Cl)nc(C(C)(C)C)n1. The third-order valence-corrected chi connectivity index (χ3v) is 3.16. The number of nitriles is 1. The smallest absolute Gasteiger partial charge is 0.136 e. The van der Waals surface area contributed by atoms with Crippen molar-refractivity contribution in [3.63, 3.8) is 0 Å². The molecular weight excluding hydrogens is 286 g/mol. The topological polar surface area (TPSA) is 58.8 Å². The van der Waals surface area contributed by atoms with Crippen molar-refractivity contribution < 1.29 is 4.74 Å². The van der Waals surface area contributed by atoms with Gasteiger partial charge in [0.15, 0.2) is 0 Å². The average molecular weight is 302 g/mol. The van der Waals surface area contributed by atoms with Crippen molar-refractivity contribution in [2.75, 3.05) is 7.11 Å². The number of benzene rings is 1. The molecule has 0 radical (unpaired) electrons. The van der Waals surface area contributed by atoms with Crippen LogP contribution in [0, 0.1) is 11.3 Å². The van der Waals surface area contributed by atoms with Crippen molar-refractivity contribution in [2.45, 2.75) is 26.2 Å². The molecule has 0 aliphatic heterocycles. The quantitative estimate of drug-likeness (QED) is 0.787. The van der Waals surface area contributed by atoms with Crippen LogP contribution in [0.5, 0.6) is 5.75 Å². The van der Waals surface area contributed by atoms with E-state index in [1.54, 1.807) is 31.4 Å². The van der Waals surface area contributed by atoms with Crippen LogP contribution in [0.1, 0.15) is 32.2 Å². The first-order chi connectivity index (χ1) is 9.85. The molecule has 1 aromatic heterocycles. The van der Waals surface area contributed by atoms with Crippen LogP contribution in [0.4, 0.5) is 0 Å². The van der Waals surface area contributed by atoms with E-state index in [2.05, 4.69) is 16.0 Å². The van der Waals surface area contributed by atoms with Gasteiger partial charge in [0.2, 0.25) is 0 Å². The minimum Gasteiger partial charge on any atom is -0.496 e. The molecule has 21 heavy (non-hydrogen) atoms. The molecule has 0 saturated heterocycles. The molecular formula is C16H16ClN3O. The van der Waals surface area contributed by atoms with Crippen LogP contribution in [0.25, 0.3) is 11.3 Å². The van der Waals surface area contributed by atoms with Crippen molar-refractivity contribution in [3.05, 3.63) is 40.8 Å². The lowest BCUT2D eigenvalue weighted by Crippen LogP contribution is -2.16. The van der Waals surface area contributed by atoms with Gasteiger partial charge in [0.05, 0.1) is 24.4 Å². The van der Waals surface area contributed by atoms with Gasteiger partial charge < -0.3 is 4.74 Å². The van der Waals surface area contributed by atoms with Crippen molar-refractivity contribution in [1.82, 2.24) is 9.97 Å². The minimum absolute atomic E-state index is 0.222. The highest BCUT2D eigenvalue weighted by Gasteiger charge is 2.20. The van der Waals surface area contributed by atoms with Gasteiger partial charge >= 0.3 is 0 Å². The molecule has 0 amide bonds. The Morgan fingerprint density at radius 3 is 2.48 bits per heavy atom. The Balaban J connectivity index is 2.67. The Hall–Kier alpha value is -2.12. The monoisotopic (exact) mass is 301 g/mol. The number of hydrogen-bond acceptors (Lipinski definition) is 4. The summed E-state index contributed by atoms with van der Waals surface area (Å²) in [4.78, 5) is 8.85. The van der Waals surface area contributed by atoms with E-state index in [0.29, 0.717) is 28.0 Å². The fraction of sp³-hybridized carbons (Fsp3) is 0.312. The van der Waals surface area contributed by atoms with Gasteiger partial charge in [-0.15, -0.1) is 0 Å². The molecule has 4 nitrogen and oxygen atoms in total. The zero-order valence-corrected chi connectivity index (χ0v) is 13.2. The minimum atomic E-state index is -0.222. The van der Waals surface area contributed by atoms with Crippen LogP contribution in [0.15, 0.2) is 24.3 Å². The summed E-state index contributed by atoms with van der Waals surface area (Å²) in [5.74, 6) is 1.29. The fourth-order valence-electron chi connectivity index (χ4n) is 1.87. The first kappa shape index (κ1) is 15.3. The molecule has 0 fully saturated rings. The molecule has 2 rings (SSSR count). The number of hydrogen-bond donors (Lipinski definition) is 0. The Bertz CT molecular complexity index is 714. The lowest BCUT2D eigenvalue weighted by atomic mass is 9.95. The molecule has 108 valence electrons. The summed E-state index contributed by atoms with van der Waals surface area (Å²) >= 11 is 6.12. The van der Waals surface area contributed by atoms with Crippen molar-refractivity contribution in [3.8, 4) is 23.1 Å². The standard InChI is InChI=1S/C16H16ClN3O/c1-16(2,3)15-19-12(8-14(17)20-15)11-7-10(9-18)5-6-13(11)21-4/h5-8H,1-4H3. The number of aromatic nitrogens is 2. The Morgan fingerprint density at radius 1 is 1.19 bits per heavy atom. The first-order valence-electron chi connectivity index (χ1n) is 6.48. The Morgan fingerprint density at radius 2 is 1.90 bits per heavy atom. The van der Waals surface area contributed by atoms with Crippen LogP contribution in [0.3, 0.4) is 0 Å². The highest BCUT2D eigenvalue weighted by atomic mass is 35.5. The van der Waals surface area contributed by atoms with Crippen LogP contribution < -0.4 is 4.74 Å². The third kappa shape index (κ3) is 3.32. The van der Waals surface area contributed by atoms with Gasteiger partial charge in [-0.05, 0) is 18.2 Å². The second-order valence-electron chi connectivity index (χ2n) is 5.68. The molecule has 1 aromatic carbocycles. The molecule has 0 atom stereocenters. The van der Waals surface area contributed by atoms with Gasteiger partial charge in [-0.25, -0.2) is 9.97 Å². The van der Waals surface area contributed by atoms with Crippen LogP contribution in [-0.2, 0) is 5.41 Å². The van der Waals surface area contributed by atoms with Gasteiger partial charge in [-0.1, -0.05) is 32.4 Å². The lowest BCUT2D eigenvalue weighted by Gasteiger charge is -2.18. The summed E-state index contributed by atoms with van der Waals surface area (Å²) in [6.45, 7) is 6.06. The van der Waals surface area contributed by atoms with Crippen LogP contribution in [0.2, 0.25) is 5.15 Å². The van der Waals surface area contributed by atoms with E-state index < -0.39 is 0 Å². The summed E-state index contributed by atoms with van der Waals surface area (Å²) < 4.78 is 5.35. The summed E-state index contributed by atoms with van der Waals surface area (Å²) in [6.07, 6.45) is 0. The first-order valence-corrected chi connectivity index (χ1v) is 6.86. The molecule has 0 spiro atoms. The maximum atomic E-state index is 9.06. The Labute approximate surface area is 129 Å². The molecule has 2 aromatic rings. The van der Waals surface area contributed by atoms with Gasteiger partial charge in [-0.3, -0.25) is 0 Å². The van der Waals surface area contributed by atoms with Crippen molar-refractivity contribution >= 4 is 11.6 Å². The molecule has 0 N–H and O–H groups in total. The van der Waals surface area contributed by atoms with E-state index in [1.807, 2.05) is 20.8 Å². The number of methoxy groups -OCH3 is 1. The van der Waals surface area contributed by atoms with Crippen LogP contribution >= 0.6 is 11.6 Å². The zero-order valence-electron chi connectivity index (χ0n) is 12.4. The lowest BCUT2D eigenvalue weighted by molar-refractivity contribution is 0.416. The second kappa shape index (κ2) is 5.71. The molecule has 0 saturated carbocycles. The predicted octanol–water partition coefficient (Wildman–Crippen LogP) is 3.97. The van der Waals surface area contributed by atoms with E-state index in [4.69, 9.17) is 21.6 Å². The zero-order chi connectivity index (χ0) is 15.6. The third-order valence-electron chi connectivity index (χ3n) is 2.97. The number of ether oxygens (including phenoxy) is 1. The summed E-state index contributed by atoms with van der Waals surface area (Å²) in [6, 6.07) is 8.99. The van der Waals surface area contributed by atoms with E-state index in [9.17, 15) is 0 Å². The number of rotatable bonds is 2. The molecule has 0 bridgehead atoms. The molecule has 1 heterocycles. The average Bonchev–Trinajstić information content (AvgIpc) is 2.45. The van der Waals surface area contributed by atoms with Crippen LogP contribution in [-0.4, -0.2) is 17.1 Å². The fourth-order valence-corrected chi connectivity index (χ4v) is 2.05. The molecule has 5 heteroatoms. The maximum absolute atomic E-state index is 9.06.